The summed E-state index contributed by atoms with van der Waals surface area (Å²) in [5.74, 6) is -4.21. The predicted molar refractivity (Wildman–Crippen MR) is 135 cm³/mol. The molecule has 1 amide bonds. The number of primary amides is 1. The molecule has 2 saturated carbocycles. The summed E-state index contributed by atoms with van der Waals surface area (Å²) >= 11 is 0. The molecule has 204 valence electrons. The van der Waals surface area contributed by atoms with Crippen molar-refractivity contribution < 1.29 is 35.1 Å². The van der Waals surface area contributed by atoms with Crippen molar-refractivity contribution in [3.8, 4) is 0 Å². The molecule has 5 rings (SSSR count). The minimum Gasteiger partial charge on any atom is -0.508 e. The third-order valence-electron chi connectivity index (χ3n) is 10.0. The fraction of sp³-hybridized carbons (Fsp3) is 0.714. The smallest absolute Gasteiger partial charge is 0.255 e. The highest BCUT2D eigenvalue weighted by Gasteiger charge is 2.64. The number of nitrogens with zero attached hydrogens (tertiary/aromatic N) is 1. The van der Waals surface area contributed by atoms with Gasteiger partial charge in [-0.25, -0.2) is 0 Å². The van der Waals surface area contributed by atoms with Crippen LogP contribution in [0.5, 0.6) is 0 Å². The van der Waals surface area contributed by atoms with Crippen molar-refractivity contribution in [2.24, 2.45) is 53.1 Å². The number of aliphatic hydroxyl groups excluding tert-OH is 4. The van der Waals surface area contributed by atoms with Gasteiger partial charge in [-0.15, -0.1) is 0 Å². The molecule has 0 spiro atoms. The number of carbonyl (C=O) groups is 2. The Balaban J connectivity index is 1.44. The van der Waals surface area contributed by atoms with Crippen LogP contribution < -0.4 is 5.73 Å². The number of rotatable bonds is 4. The van der Waals surface area contributed by atoms with E-state index >= 15 is 0 Å². The number of aliphatic hydroxyl groups is 5. The minimum atomic E-state index is -2.25. The van der Waals surface area contributed by atoms with E-state index in [1.54, 1.807) is 6.08 Å². The zero-order chi connectivity index (χ0) is 26.8. The van der Waals surface area contributed by atoms with Crippen LogP contribution in [0.25, 0.3) is 0 Å². The Bertz CT molecular complexity index is 1040. The predicted octanol–water partition coefficient (Wildman–Crippen LogP) is 0.289. The number of nitrogens with two attached hydrogens (primary N) is 1. The van der Waals surface area contributed by atoms with E-state index in [4.69, 9.17) is 5.73 Å². The van der Waals surface area contributed by atoms with Gasteiger partial charge < -0.3 is 36.2 Å². The lowest BCUT2D eigenvalue weighted by Gasteiger charge is -2.59. The summed E-state index contributed by atoms with van der Waals surface area (Å²) in [5, 5.41) is 56.2. The third-order valence-corrected chi connectivity index (χ3v) is 10.0. The van der Waals surface area contributed by atoms with Crippen LogP contribution in [0.1, 0.15) is 32.1 Å². The molecular weight excluding hydrogens is 476 g/mol. The Morgan fingerprint density at radius 3 is 2.43 bits per heavy atom. The molecule has 12 atom stereocenters. The van der Waals surface area contributed by atoms with E-state index in [2.05, 4.69) is 37.2 Å². The lowest BCUT2D eigenvalue weighted by Crippen LogP contribution is -2.67. The van der Waals surface area contributed by atoms with Crippen LogP contribution in [0, 0.1) is 47.3 Å². The van der Waals surface area contributed by atoms with E-state index < -0.39 is 64.7 Å². The number of Topliss-reactive ketones (excluding diaryl/α,β-unsaturated/α-hetero) is 1. The molecular formula is C28H40N2O7. The number of fused-ring (bicyclic) bond motifs is 3. The number of carbonyl (C=O) groups excluding carboxylic acids is 2. The number of hydrogen-bond acceptors (Lipinski definition) is 8. The fourth-order valence-electron chi connectivity index (χ4n) is 8.40. The molecule has 37 heavy (non-hydrogen) atoms. The highest BCUT2D eigenvalue weighted by molar-refractivity contribution is 6.20. The zero-order valence-corrected chi connectivity index (χ0v) is 21.5. The maximum Gasteiger partial charge on any atom is 0.255 e. The summed E-state index contributed by atoms with van der Waals surface area (Å²) in [4.78, 5) is 26.6. The van der Waals surface area contributed by atoms with Crippen molar-refractivity contribution in [2.75, 3.05) is 20.6 Å². The van der Waals surface area contributed by atoms with Gasteiger partial charge in [-0.1, -0.05) is 24.3 Å². The Morgan fingerprint density at radius 1 is 1.08 bits per heavy atom. The van der Waals surface area contributed by atoms with Gasteiger partial charge in [-0.3, -0.25) is 9.59 Å². The van der Waals surface area contributed by atoms with Crippen LogP contribution in [0.3, 0.4) is 0 Å². The molecule has 0 saturated heterocycles. The van der Waals surface area contributed by atoms with Gasteiger partial charge in [0.2, 0.25) is 0 Å². The molecule has 5 aliphatic carbocycles. The van der Waals surface area contributed by atoms with Crippen molar-refractivity contribution in [2.45, 2.75) is 56.0 Å². The molecule has 0 bridgehead atoms. The molecule has 0 aromatic heterocycles. The van der Waals surface area contributed by atoms with Crippen molar-refractivity contribution >= 4 is 11.7 Å². The van der Waals surface area contributed by atoms with Gasteiger partial charge in [0, 0.05) is 30.7 Å². The molecule has 9 unspecified atom stereocenters. The molecule has 9 heteroatoms. The maximum absolute atomic E-state index is 12.6. The highest BCUT2D eigenvalue weighted by Crippen LogP contribution is 2.58. The monoisotopic (exact) mass is 516 g/mol. The highest BCUT2D eigenvalue weighted by atomic mass is 16.4. The quantitative estimate of drug-likeness (QED) is 0.229. The van der Waals surface area contributed by atoms with Gasteiger partial charge in [-0.2, -0.15) is 0 Å². The maximum atomic E-state index is 12.6. The second-order valence-electron chi connectivity index (χ2n) is 12.3. The zero-order valence-electron chi connectivity index (χ0n) is 21.5. The van der Waals surface area contributed by atoms with Crippen molar-refractivity contribution in [3.63, 3.8) is 0 Å². The van der Waals surface area contributed by atoms with Crippen molar-refractivity contribution in [1.29, 1.82) is 0 Å². The summed E-state index contributed by atoms with van der Waals surface area (Å²) < 4.78 is 0. The van der Waals surface area contributed by atoms with E-state index in [0.717, 1.165) is 19.4 Å². The van der Waals surface area contributed by atoms with Gasteiger partial charge >= 0.3 is 0 Å². The Hall–Kier alpha value is -2.04. The topological polar surface area (TPSA) is 165 Å². The molecule has 9 nitrogen and oxygen atoms in total. The number of allylic oxidation sites excluding steroid dienone is 2. The van der Waals surface area contributed by atoms with E-state index in [1.807, 2.05) is 0 Å². The van der Waals surface area contributed by atoms with E-state index in [1.165, 1.54) is 0 Å². The van der Waals surface area contributed by atoms with Gasteiger partial charge in [0.1, 0.15) is 11.3 Å². The summed E-state index contributed by atoms with van der Waals surface area (Å²) in [6.07, 6.45) is 7.53. The molecule has 0 aromatic carbocycles. The number of hydrogen-bond donors (Lipinski definition) is 6. The number of ketones is 1. The lowest BCUT2D eigenvalue weighted by atomic mass is 9.49. The van der Waals surface area contributed by atoms with Crippen LogP contribution in [0.4, 0.5) is 0 Å². The molecule has 5 aliphatic rings. The van der Waals surface area contributed by atoms with Gasteiger partial charge in [0.15, 0.2) is 11.4 Å². The van der Waals surface area contributed by atoms with Crippen LogP contribution in [-0.2, 0) is 9.59 Å². The first-order chi connectivity index (χ1) is 17.4. The Labute approximate surface area is 217 Å². The van der Waals surface area contributed by atoms with Gasteiger partial charge in [0.25, 0.3) is 5.91 Å². The van der Waals surface area contributed by atoms with Crippen molar-refractivity contribution in [3.05, 3.63) is 35.6 Å². The normalized spacial score (nSPS) is 47.4. The largest absolute Gasteiger partial charge is 0.508 e. The lowest BCUT2D eigenvalue weighted by molar-refractivity contribution is -0.225. The molecule has 0 aromatic rings. The SMILES string of the molecule is CN(C)CC1C=CC(C2C=CC(O)C3C(O)C4C(O)[C@]5(O)C(O)=C(C(N)=O)C(=O)C[C@@H]5C[C@@H]4CC23)CC1. The van der Waals surface area contributed by atoms with E-state index in [9.17, 15) is 35.1 Å². The molecule has 7 N–H and O–H groups in total. The first kappa shape index (κ1) is 26.6. The van der Waals surface area contributed by atoms with Crippen molar-refractivity contribution in [1.82, 2.24) is 4.90 Å². The summed E-state index contributed by atoms with van der Waals surface area (Å²) in [6, 6.07) is 0. The molecule has 0 aliphatic heterocycles. The van der Waals surface area contributed by atoms with Crippen LogP contribution in [0.2, 0.25) is 0 Å². The van der Waals surface area contributed by atoms with Crippen LogP contribution in [-0.4, -0.2) is 86.7 Å². The van der Waals surface area contributed by atoms with E-state index in [-0.39, 0.29) is 30.1 Å². The minimum absolute atomic E-state index is 0.0284. The average Bonchev–Trinajstić information content (AvgIpc) is 2.81. The molecule has 0 heterocycles. The number of amides is 1. The summed E-state index contributed by atoms with van der Waals surface area (Å²) in [7, 11) is 4.14. The Kier molecular flexibility index (Phi) is 6.90. The first-order valence-corrected chi connectivity index (χ1v) is 13.5. The second kappa shape index (κ2) is 9.61. The summed E-state index contributed by atoms with van der Waals surface area (Å²) in [6.45, 7) is 0.997. The molecule has 2 fully saturated rings. The van der Waals surface area contributed by atoms with Gasteiger partial charge in [0.05, 0.1) is 18.3 Å². The van der Waals surface area contributed by atoms with Crippen LogP contribution in [0.15, 0.2) is 35.6 Å². The van der Waals surface area contributed by atoms with E-state index in [0.29, 0.717) is 18.8 Å². The first-order valence-electron chi connectivity index (χ1n) is 13.5. The average molecular weight is 517 g/mol. The summed E-state index contributed by atoms with van der Waals surface area (Å²) in [5.41, 5.74) is 2.35. The fourth-order valence-corrected chi connectivity index (χ4v) is 8.40. The van der Waals surface area contributed by atoms with Gasteiger partial charge in [-0.05, 0) is 69.4 Å². The third kappa shape index (κ3) is 4.19. The molecule has 0 radical (unpaired) electrons. The van der Waals surface area contributed by atoms with Crippen LogP contribution >= 0.6 is 0 Å². The second-order valence-corrected chi connectivity index (χ2v) is 12.3. The standard InChI is InChI=1S/C28H40N2O7/c1-30(2)12-13-3-5-14(6-4-13)17-7-8-19(31)22-18(17)10-15-9-16-11-20(32)23(27(29)36)26(35)28(16,37)25(34)21(15)24(22)33/h3,5,7-8,13-19,21-22,24-25,31,33-35,37H,4,6,9-12H2,1-2H3,(H2,29,36)/t13?,14?,15-,16+,17?,18?,19?,21?,22?,24?,25?,28+/m1/s1. The Morgan fingerprint density at radius 2 is 1.81 bits per heavy atom.